The molecule has 0 aromatic carbocycles. The number of carbonyl (C=O) groups excluding carboxylic acids is 1. The Morgan fingerprint density at radius 3 is 2.67 bits per heavy atom. The SMILES string of the molecule is CCc1nc(NC(C)=O)ncc1C(=O)O. The Morgan fingerprint density at radius 2 is 2.20 bits per heavy atom. The molecule has 6 nitrogen and oxygen atoms in total. The topological polar surface area (TPSA) is 92.2 Å². The van der Waals surface area contributed by atoms with Crippen LogP contribution >= 0.6 is 0 Å². The first-order chi connectivity index (χ1) is 7.04. The van der Waals surface area contributed by atoms with E-state index in [1.54, 1.807) is 6.92 Å². The predicted molar refractivity (Wildman–Crippen MR) is 52.7 cm³/mol. The molecule has 2 N–H and O–H groups in total. The van der Waals surface area contributed by atoms with Gasteiger partial charge in [0.15, 0.2) is 0 Å². The first-order valence-electron chi connectivity index (χ1n) is 4.41. The Balaban J connectivity index is 3.07. The molecular weight excluding hydrogens is 198 g/mol. The highest BCUT2D eigenvalue weighted by molar-refractivity contribution is 5.89. The molecule has 1 heterocycles. The Bertz CT molecular complexity index is 404. The molecule has 80 valence electrons. The van der Waals surface area contributed by atoms with Gasteiger partial charge in [-0.3, -0.25) is 10.1 Å². The van der Waals surface area contributed by atoms with Gasteiger partial charge < -0.3 is 5.11 Å². The van der Waals surface area contributed by atoms with Crippen molar-refractivity contribution in [2.45, 2.75) is 20.3 Å². The van der Waals surface area contributed by atoms with Gasteiger partial charge in [0.2, 0.25) is 11.9 Å². The number of hydrogen-bond acceptors (Lipinski definition) is 4. The number of aromatic carboxylic acids is 1. The lowest BCUT2D eigenvalue weighted by Gasteiger charge is -2.04. The van der Waals surface area contributed by atoms with Crippen LogP contribution in [-0.2, 0) is 11.2 Å². The first-order valence-corrected chi connectivity index (χ1v) is 4.41. The monoisotopic (exact) mass is 209 g/mol. The normalized spacial score (nSPS) is 9.73. The van der Waals surface area contributed by atoms with Crippen LogP contribution in [0.4, 0.5) is 5.95 Å². The van der Waals surface area contributed by atoms with Gasteiger partial charge in [0.05, 0.1) is 11.3 Å². The molecule has 0 aliphatic heterocycles. The van der Waals surface area contributed by atoms with E-state index in [1.807, 2.05) is 0 Å². The maximum absolute atomic E-state index is 10.7. The first kappa shape index (κ1) is 11.1. The smallest absolute Gasteiger partial charge is 0.339 e. The highest BCUT2D eigenvalue weighted by Gasteiger charge is 2.12. The number of aryl methyl sites for hydroxylation is 1. The zero-order chi connectivity index (χ0) is 11.4. The summed E-state index contributed by atoms with van der Waals surface area (Å²) in [5, 5.41) is 11.2. The minimum Gasteiger partial charge on any atom is -0.478 e. The maximum atomic E-state index is 10.7. The summed E-state index contributed by atoms with van der Waals surface area (Å²) in [5.41, 5.74) is 0.466. The minimum atomic E-state index is -1.07. The van der Waals surface area contributed by atoms with Crippen LogP contribution in [0.5, 0.6) is 0 Å². The minimum absolute atomic E-state index is 0.0617. The lowest BCUT2D eigenvalue weighted by atomic mass is 10.2. The van der Waals surface area contributed by atoms with Gasteiger partial charge in [-0.25, -0.2) is 14.8 Å². The van der Waals surface area contributed by atoms with E-state index in [-0.39, 0.29) is 17.4 Å². The van der Waals surface area contributed by atoms with Crippen molar-refractivity contribution in [1.29, 1.82) is 0 Å². The summed E-state index contributed by atoms with van der Waals surface area (Å²) in [7, 11) is 0. The van der Waals surface area contributed by atoms with Crippen LogP contribution in [0.15, 0.2) is 6.20 Å². The molecular formula is C9H11N3O3. The fourth-order valence-corrected chi connectivity index (χ4v) is 1.08. The van der Waals surface area contributed by atoms with Crippen molar-refractivity contribution >= 4 is 17.8 Å². The summed E-state index contributed by atoms with van der Waals surface area (Å²) >= 11 is 0. The van der Waals surface area contributed by atoms with E-state index in [2.05, 4.69) is 15.3 Å². The number of amides is 1. The molecule has 6 heteroatoms. The molecule has 0 aliphatic rings. The fourth-order valence-electron chi connectivity index (χ4n) is 1.08. The van der Waals surface area contributed by atoms with Gasteiger partial charge in [0.1, 0.15) is 0 Å². The van der Waals surface area contributed by atoms with Crippen LogP contribution in [0.1, 0.15) is 29.9 Å². The Morgan fingerprint density at radius 1 is 1.53 bits per heavy atom. The Hall–Kier alpha value is -1.98. The molecule has 0 radical (unpaired) electrons. The largest absolute Gasteiger partial charge is 0.478 e. The zero-order valence-corrected chi connectivity index (χ0v) is 8.44. The van der Waals surface area contributed by atoms with Crippen molar-refractivity contribution in [2.24, 2.45) is 0 Å². The van der Waals surface area contributed by atoms with E-state index >= 15 is 0 Å². The summed E-state index contributed by atoms with van der Waals surface area (Å²) in [6.45, 7) is 3.12. The molecule has 1 amide bonds. The number of aromatic nitrogens is 2. The van der Waals surface area contributed by atoms with Crippen LogP contribution in [-0.4, -0.2) is 27.0 Å². The fraction of sp³-hybridized carbons (Fsp3) is 0.333. The zero-order valence-electron chi connectivity index (χ0n) is 8.44. The molecule has 0 bridgehead atoms. The number of rotatable bonds is 3. The van der Waals surface area contributed by atoms with Crippen molar-refractivity contribution in [3.63, 3.8) is 0 Å². The molecule has 1 aromatic rings. The maximum Gasteiger partial charge on any atom is 0.339 e. The number of carboxylic acid groups (broad SMARTS) is 1. The van der Waals surface area contributed by atoms with Gasteiger partial charge in [0, 0.05) is 13.1 Å². The van der Waals surface area contributed by atoms with Gasteiger partial charge in [-0.2, -0.15) is 0 Å². The summed E-state index contributed by atoms with van der Waals surface area (Å²) in [4.78, 5) is 29.1. The van der Waals surface area contributed by atoms with Gasteiger partial charge in [-0.1, -0.05) is 6.92 Å². The van der Waals surface area contributed by atoms with Crippen LogP contribution in [0.3, 0.4) is 0 Å². The van der Waals surface area contributed by atoms with Crippen LogP contribution in [0.25, 0.3) is 0 Å². The number of nitrogens with one attached hydrogen (secondary N) is 1. The number of carboxylic acids is 1. The van der Waals surface area contributed by atoms with Crippen LogP contribution < -0.4 is 5.32 Å². The van der Waals surface area contributed by atoms with E-state index in [0.29, 0.717) is 12.1 Å². The van der Waals surface area contributed by atoms with Crippen molar-refractivity contribution in [3.8, 4) is 0 Å². The predicted octanol–water partition coefficient (Wildman–Crippen LogP) is 0.696. The van der Waals surface area contributed by atoms with Crippen LogP contribution in [0, 0.1) is 0 Å². The highest BCUT2D eigenvalue weighted by atomic mass is 16.4. The third-order valence-electron chi connectivity index (χ3n) is 1.72. The van der Waals surface area contributed by atoms with E-state index in [4.69, 9.17) is 5.11 Å². The van der Waals surface area contributed by atoms with Crippen molar-refractivity contribution < 1.29 is 14.7 Å². The molecule has 0 saturated heterocycles. The van der Waals surface area contributed by atoms with Crippen molar-refractivity contribution in [1.82, 2.24) is 9.97 Å². The lowest BCUT2D eigenvalue weighted by molar-refractivity contribution is -0.114. The molecule has 0 unspecified atom stereocenters. The van der Waals surface area contributed by atoms with Gasteiger partial charge >= 0.3 is 5.97 Å². The van der Waals surface area contributed by atoms with E-state index in [9.17, 15) is 9.59 Å². The molecule has 0 fully saturated rings. The molecule has 0 aliphatic carbocycles. The standard InChI is InChI=1S/C9H11N3O3/c1-3-7-6(8(14)15)4-10-9(12-7)11-5(2)13/h4H,3H2,1-2H3,(H,14,15)(H,10,11,12,13). The molecule has 0 spiro atoms. The van der Waals surface area contributed by atoms with E-state index < -0.39 is 5.97 Å². The summed E-state index contributed by atoms with van der Waals surface area (Å²) in [5.74, 6) is -1.23. The number of carbonyl (C=O) groups is 2. The summed E-state index contributed by atoms with van der Waals surface area (Å²) in [6.07, 6.45) is 1.66. The average Bonchev–Trinajstić information content (AvgIpc) is 2.16. The average molecular weight is 209 g/mol. The van der Waals surface area contributed by atoms with Crippen LogP contribution in [0.2, 0.25) is 0 Å². The summed E-state index contributed by atoms with van der Waals surface area (Å²) in [6, 6.07) is 0. The second-order valence-electron chi connectivity index (χ2n) is 2.89. The molecule has 0 atom stereocenters. The van der Waals surface area contributed by atoms with Gasteiger partial charge in [0.25, 0.3) is 0 Å². The Kier molecular flexibility index (Phi) is 3.33. The van der Waals surface area contributed by atoms with Crippen molar-refractivity contribution in [3.05, 3.63) is 17.5 Å². The Labute approximate surface area is 86.4 Å². The third kappa shape index (κ3) is 2.73. The highest BCUT2D eigenvalue weighted by Crippen LogP contribution is 2.08. The van der Waals surface area contributed by atoms with E-state index in [1.165, 1.54) is 13.1 Å². The number of hydrogen-bond donors (Lipinski definition) is 2. The quantitative estimate of drug-likeness (QED) is 0.764. The molecule has 15 heavy (non-hydrogen) atoms. The van der Waals surface area contributed by atoms with Gasteiger partial charge in [-0.05, 0) is 6.42 Å². The molecule has 0 saturated carbocycles. The van der Waals surface area contributed by atoms with Gasteiger partial charge in [-0.15, -0.1) is 0 Å². The second kappa shape index (κ2) is 4.50. The van der Waals surface area contributed by atoms with Crippen molar-refractivity contribution in [2.75, 3.05) is 5.32 Å². The lowest BCUT2D eigenvalue weighted by Crippen LogP contribution is -2.13. The molecule has 1 rings (SSSR count). The second-order valence-corrected chi connectivity index (χ2v) is 2.89. The van der Waals surface area contributed by atoms with E-state index in [0.717, 1.165) is 0 Å². The number of nitrogens with zero attached hydrogens (tertiary/aromatic N) is 2. The molecule has 1 aromatic heterocycles. The number of anilines is 1. The summed E-state index contributed by atoms with van der Waals surface area (Å²) < 4.78 is 0. The third-order valence-corrected chi connectivity index (χ3v) is 1.72.